The number of imidazole rings is 1. The van der Waals surface area contributed by atoms with E-state index in [4.69, 9.17) is 4.74 Å². The summed E-state index contributed by atoms with van der Waals surface area (Å²) in [5.74, 6) is 1.94. The average molecular weight is 322 g/mol. The molecule has 1 amide bonds. The van der Waals surface area contributed by atoms with Crippen LogP contribution in [0, 0.1) is 0 Å². The van der Waals surface area contributed by atoms with Crippen LogP contribution in [0.25, 0.3) is 11.2 Å². The number of hydrogen-bond donors (Lipinski definition) is 1. The zero-order chi connectivity index (χ0) is 16.5. The quantitative estimate of drug-likeness (QED) is 0.804. The van der Waals surface area contributed by atoms with Gasteiger partial charge in [0.2, 0.25) is 0 Å². The second kappa shape index (κ2) is 5.96. The molecule has 6 nitrogen and oxygen atoms in total. The molecule has 4 rings (SSSR count). The Balaban J connectivity index is 1.49. The normalized spacial score (nSPS) is 17.4. The van der Waals surface area contributed by atoms with Crippen LogP contribution < -0.4 is 4.74 Å². The lowest BCUT2D eigenvalue weighted by Gasteiger charge is -2.16. The van der Waals surface area contributed by atoms with Crippen molar-refractivity contribution in [3.63, 3.8) is 0 Å². The molecule has 0 bridgehead atoms. The standard InChI is InChI=1S/C18H18N4O2/c1-24-14-6-4-12(5-7-14)18(23)22-10-8-13(11-22)16-20-15-3-2-9-19-17(15)21-16/h2-7,9,13H,8,10-11H2,1H3,(H,19,20,21)/t13-/m0/s1. The number of nitrogens with one attached hydrogen (secondary N) is 1. The predicted octanol–water partition coefficient (Wildman–Crippen LogP) is 2.60. The molecule has 1 aromatic carbocycles. The highest BCUT2D eigenvalue weighted by Crippen LogP contribution is 2.27. The summed E-state index contributed by atoms with van der Waals surface area (Å²) in [5, 5.41) is 0. The van der Waals surface area contributed by atoms with E-state index >= 15 is 0 Å². The number of carbonyl (C=O) groups excluding carboxylic acids is 1. The average Bonchev–Trinajstić information content (AvgIpc) is 3.27. The first-order valence-corrected chi connectivity index (χ1v) is 7.98. The predicted molar refractivity (Wildman–Crippen MR) is 90.1 cm³/mol. The maximum Gasteiger partial charge on any atom is 0.253 e. The van der Waals surface area contributed by atoms with Crippen molar-refractivity contribution in [3.05, 3.63) is 54.0 Å². The third-order valence-corrected chi connectivity index (χ3v) is 4.47. The van der Waals surface area contributed by atoms with E-state index in [9.17, 15) is 4.79 Å². The molecule has 1 N–H and O–H groups in total. The number of ether oxygens (including phenoxy) is 1. The molecule has 0 saturated carbocycles. The van der Waals surface area contributed by atoms with Gasteiger partial charge < -0.3 is 14.6 Å². The number of hydrogen-bond acceptors (Lipinski definition) is 4. The highest BCUT2D eigenvalue weighted by molar-refractivity contribution is 5.94. The number of methoxy groups -OCH3 is 1. The summed E-state index contributed by atoms with van der Waals surface area (Å²) in [7, 11) is 1.62. The second-order valence-electron chi connectivity index (χ2n) is 5.96. The van der Waals surface area contributed by atoms with Gasteiger partial charge in [-0.3, -0.25) is 4.79 Å². The van der Waals surface area contributed by atoms with Crippen molar-refractivity contribution >= 4 is 17.1 Å². The number of likely N-dealkylation sites (tertiary alicyclic amines) is 1. The number of amides is 1. The lowest BCUT2D eigenvalue weighted by atomic mass is 10.1. The van der Waals surface area contributed by atoms with E-state index in [1.807, 2.05) is 29.2 Å². The Morgan fingerprint density at radius 1 is 1.29 bits per heavy atom. The minimum absolute atomic E-state index is 0.0504. The molecule has 3 aromatic rings. The van der Waals surface area contributed by atoms with Crippen LogP contribution >= 0.6 is 0 Å². The zero-order valence-corrected chi connectivity index (χ0v) is 13.4. The Hall–Kier alpha value is -2.89. The Bertz CT molecular complexity index is 839. The first-order chi connectivity index (χ1) is 11.7. The SMILES string of the molecule is COc1ccc(C(=O)N2CC[C@H](c3nc4ncccc4[nH]3)C2)cc1. The van der Waals surface area contributed by atoms with E-state index in [0.717, 1.165) is 35.7 Å². The first kappa shape index (κ1) is 14.7. The Kier molecular flexibility index (Phi) is 3.65. The van der Waals surface area contributed by atoms with Gasteiger partial charge >= 0.3 is 0 Å². The van der Waals surface area contributed by atoms with Crippen LogP contribution in [0.2, 0.25) is 0 Å². The van der Waals surface area contributed by atoms with Gasteiger partial charge in [0.05, 0.1) is 12.6 Å². The molecule has 0 aliphatic carbocycles. The van der Waals surface area contributed by atoms with E-state index in [0.29, 0.717) is 12.1 Å². The molecular formula is C18H18N4O2. The molecule has 2 aromatic heterocycles. The van der Waals surface area contributed by atoms with Gasteiger partial charge in [0, 0.05) is 30.8 Å². The fourth-order valence-electron chi connectivity index (χ4n) is 3.14. The minimum atomic E-state index is 0.0504. The number of rotatable bonds is 3. The summed E-state index contributed by atoms with van der Waals surface area (Å²) in [6, 6.07) is 11.1. The van der Waals surface area contributed by atoms with Gasteiger partial charge in [-0.05, 0) is 42.8 Å². The second-order valence-corrected chi connectivity index (χ2v) is 5.96. The Morgan fingerprint density at radius 2 is 2.12 bits per heavy atom. The van der Waals surface area contributed by atoms with Gasteiger partial charge in [-0.15, -0.1) is 0 Å². The van der Waals surface area contributed by atoms with Crippen LogP contribution in [0.3, 0.4) is 0 Å². The van der Waals surface area contributed by atoms with Crippen molar-refractivity contribution in [2.75, 3.05) is 20.2 Å². The Morgan fingerprint density at radius 3 is 2.88 bits per heavy atom. The number of aromatic nitrogens is 3. The fraction of sp³-hybridized carbons (Fsp3) is 0.278. The maximum absolute atomic E-state index is 12.6. The highest BCUT2D eigenvalue weighted by atomic mass is 16.5. The summed E-state index contributed by atoms with van der Waals surface area (Å²) in [4.78, 5) is 26.7. The molecular weight excluding hydrogens is 304 g/mol. The van der Waals surface area contributed by atoms with E-state index < -0.39 is 0 Å². The third kappa shape index (κ3) is 2.60. The number of H-pyrrole nitrogens is 1. The van der Waals surface area contributed by atoms with Crippen molar-refractivity contribution in [1.29, 1.82) is 0 Å². The molecule has 1 aliphatic heterocycles. The lowest BCUT2D eigenvalue weighted by Crippen LogP contribution is -2.28. The number of carbonyl (C=O) groups is 1. The molecule has 1 fully saturated rings. The molecule has 1 atom stereocenters. The largest absolute Gasteiger partial charge is 0.497 e. The smallest absolute Gasteiger partial charge is 0.253 e. The van der Waals surface area contributed by atoms with Crippen LogP contribution in [-0.2, 0) is 0 Å². The van der Waals surface area contributed by atoms with Crippen molar-refractivity contribution in [3.8, 4) is 5.75 Å². The van der Waals surface area contributed by atoms with Gasteiger partial charge in [0.1, 0.15) is 11.6 Å². The van der Waals surface area contributed by atoms with Crippen LogP contribution in [0.1, 0.15) is 28.5 Å². The van der Waals surface area contributed by atoms with E-state index in [1.54, 1.807) is 25.4 Å². The highest BCUT2D eigenvalue weighted by Gasteiger charge is 2.30. The van der Waals surface area contributed by atoms with Gasteiger partial charge in [0.15, 0.2) is 5.65 Å². The minimum Gasteiger partial charge on any atom is -0.497 e. The van der Waals surface area contributed by atoms with Crippen LogP contribution in [-0.4, -0.2) is 46.0 Å². The first-order valence-electron chi connectivity index (χ1n) is 7.98. The molecule has 6 heteroatoms. The summed E-state index contributed by atoms with van der Waals surface area (Å²) < 4.78 is 5.13. The molecule has 1 aliphatic rings. The van der Waals surface area contributed by atoms with E-state index in [-0.39, 0.29) is 11.8 Å². The Labute approximate surface area is 139 Å². The lowest BCUT2D eigenvalue weighted by molar-refractivity contribution is 0.0790. The molecule has 1 saturated heterocycles. The van der Waals surface area contributed by atoms with Gasteiger partial charge in [0.25, 0.3) is 5.91 Å². The summed E-state index contributed by atoms with van der Waals surface area (Å²) in [6.07, 6.45) is 2.64. The van der Waals surface area contributed by atoms with Crippen LogP contribution in [0.5, 0.6) is 5.75 Å². The van der Waals surface area contributed by atoms with Gasteiger partial charge in [-0.25, -0.2) is 9.97 Å². The zero-order valence-electron chi connectivity index (χ0n) is 13.4. The van der Waals surface area contributed by atoms with Gasteiger partial charge in [-0.2, -0.15) is 0 Å². The third-order valence-electron chi connectivity index (χ3n) is 4.47. The monoisotopic (exact) mass is 322 g/mol. The van der Waals surface area contributed by atoms with Crippen molar-refractivity contribution < 1.29 is 9.53 Å². The molecule has 24 heavy (non-hydrogen) atoms. The number of nitrogens with zero attached hydrogens (tertiary/aromatic N) is 3. The molecule has 0 spiro atoms. The number of benzene rings is 1. The van der Waals surface area contributed by atoms with E-state index in [2.05, 4.69) is 15.0 Å². The van der Waals surface area contributed by atoms with Crippen LogP contribution in [0.4, 0.5) is 0 Å². The van der Waals surface area contributed by atoms with Crippen molar-refractivity contribution in [2.45, 2.75) is 12.3 Å². The topological polar surface area (TPSA) is 71.1 Å². The van der Waals surface area contributed by atoms with Gasteiger partial charge in [-0.1, -0.05) is 0 Å². The van der Waals surface area contributed by atoms with Crippen LogP contribution in [0.15, 0.2) is 42.6 Å². The maximum atomic E-state index is 12.6. The molecule has 0 radical (unpaired) electrons. The summed E-state index contributed by atoms with van der Waals surface area (Å²) >= 11 is 0. The number of fused-ring (bicyclic) bond motifs is 1. The summed E-state index contributed by atoms with van der Waals surface area (Å²) in [5.41, 5.74) is 2.35. The molecule has 0 unspecified atom stereocenters. The number of pyridine rings is 1. The van der Waals surface area contributed by atoms with E-state index in [1.165, 1.54) is 0 Å². The van der Waals surface area contributed by atoms with Crippen molar-refractivity contribution in [1.82, 2.24) is 19.9 Å². The fourth-order valence-corrected chi connectivity index (χ4v) is 3.14. The van der Waals surface area contributed by atoms with Crippen molar-refractivity contribution in [2.24, 2.45) is 0 Å². The number of aromatic amines is 1. The molecule has 122 valence electrons. The molecule has 3 heterocycles. The summed E-state index contributed by atoms with van der Waals surface area (Å²) in [6.45, 7) is 1.41.